The third-order valence-electron chi connectivity index (χ3n) is 2.85. The van der Waals surface area contributed by atoms with Gasteiger partial charge >= 0.3 is 5.97 Å². The predicted octanol–water partition coefficient (Wildman–Crippen LogP) is 1.99. The zero-order valence-electron chi connectivity index (χ0n) is 11.9. The molecule has 0 aliphatic heterocycles. The van der Waals surface area contributed by atoms with E-state index in [1.54, 1.807) is 26.4 Å². The van der Waals surface area contributed by atoms with E-state index in [-0.39, 0.29) is 12.1 Å². The molecule has 20 heavy (non-hydrogen) atoms. The lowest BCUT2D eigenvalue weighted by Crippen LogP contribution is -2.31. The largest absolute Gasteiger partial charge is 0.465 e. The molecule has 0 amide bonds. The van der Waals surface area contributed by atoms with Crippen LogP contribution < -0.4 is 5.32 Å². The predicted molar refractivity (Wildman–Crippen MR) is 79.9 cm³/mol. The maximum atomic E-state index is 11.4. The summed E-state index contributed by atoms with van der Waals surface area (Å²) in [6, 6.07) is 5.39. The molecule has 1 rings (SSSR count). The highest BCUT2D eigenvalue weighted by Crippen LogP contribution is 2.19. The summed E-state index contributed by atoms with van der Waals surface area (Å²) in [6.07, 6.45) is 0.0214. The number of ether oxygens (including phenoxy) is 3. The van der Waals surface area contributed by atoms with Gasteiger partial charge in [-0.2, -0.15) is 0 Å². The lowest BCUT2D eigenvalue weighted by atomic mass is 10.1. The Labute approximate surface area is 127 Å². The molecule has 1 N–H and O–H groups in total. The van der Waals surface area contributed by atoms with E-state index in [9.17, 15) is 4.79 Å². The van der Waals surface area contributed by atoms with Crippen LogP contribution in [0.2, 0.25) is 0 Å². The number of hydrogen-bond donors (Lipinski definition) is 1. The lowest BCUT2D eigenvalue weighted by Gasteiger charge is -2.15. The smallest absolute Gasteiger partial charge is 0.337 e. The third-order valence-corrected chi connectivity index (χ3v) is 3.59. The van der Waals surface area contributed by atoms with Crippen molar-refractivity contribution in [3.8, 4) is 0 Å². The highest BCUT2D eigenvalue weighted by molar-refractivity contribution is 9.10. The van der Waals surface area contributed by atoms with Crippen LogP contribution in [0.4, 0.5) is 0 Å². The fourth-order valence-corrected chi connectivity index (χ4v) is 2.22. The van der Waals surface area contributed by atoms with Gasteiger partial charge in [0, 0.05) is 31.8 Å². The molecule has 0 aliphatic rings. The van der Waals surface area contributed by atoms with Gasteiger partial charge in [-0.1, -0.05) is 22.0 Å². The van der Waals surface area contributed by atoms with Crippen molar-refractivity contribution in [3.05, 3.63) is 33.8 Å². The summed E-state index contributed by atoms with van der Waals surface area (Å²) in [7, 11) is 4.67. The van der Waals surface area contributed by atoms with Crippen molar-refractivity contribution >= 4 is 21.9 Å². The number of carbonyl (C=O) groups excluding carboxylic acids is 1. The second-order valence-electron chi connectivity index (χ2n) is 4.24. The van der Waals surface area contributed by atoms with E-state index >= 15 is 0 Å². The van der Waals surface area contributed by atoms with Gasteiger partial charge in [0.1, 0.15) is 0 Å². The minimum Gasteiger partial charge on any atom is -0.465 e. The highest BCUT2D eigenvalue weighted by atomic mass is 79.9. The molecule has 0 heterocycles. The summed E-state index contributed by atoms with van der Waals surface area (Å²) in [6.45, 7) is 1.91. The van der Waals surface area contributed by atoms with Crippen LogP contribution in [0.1, 0.15) is 15.9 Å². The molecule has 0 fully saturated rings. The Morgan fingerprint density at radius 1 is 1.35 bits per heavy atom. The summed E-state index contributed by atoms with van der Waals surface area (Å²) in [4.78, 5) is 11.4. The van der Waals surface area contributed by atoms with E-state index in [0.717, 1.165) is 10.0 Å². The summed E-state index contributed by atoms with van der Waals surface area (Å²) in [5.41, 5.74) is 1.59. The molecule has 1 atom stereocenters. The zero-order valence-corrected chi connectivity index (χ0v) is 13.5. The Morgan fingerprint density at radius 3 is 2.65 bits per heavy atom. The second-order valence-corrected chi connectivity index (χ2v) is 5.10. The highest BCUT2D eigenvalue weighted by Gasteiger charge is 2.10. The molecule has 0 saturated carbocycles. The Morgan fingerprint density at radius 2 is 2.10 bits per heavy atom. The van der Waals surface area contributed by atoms with Crippen molar-refractivity contribution in [2.75, 3.05) is 34.5 Å². The molecule has 1 aromatic rings. The first-order valence-electron chi connectivity index (χ1n) is 6.21. The van der Waals surface area contributed by atoms with Crippen molar-refractivity contribution in [1.29, 1.82) is 0 Å². The fraction of sp³-hybridized carbons (Fsp3) is 0.500. The maximum Gasteiger partial charge on any atom is 0.337 e. The third kappa shape index (κ3) is 5.20. The van der Waals surface area contributed by atoms with E-state index in [2.05, 4.69) is 26.0 Å². The zero-order chi connectivity index (χ0) is 15.0. The van der Waals surface area contributed by atoms with E-state index in [1.165, 1.54) is 7.11 Å². The van der Waals surface area contributed by atoms with Crippen LogP contribution >= 0.6 is 15.9 Å². The molecule has 112 valence electrons. The van der Waals surface area contributed by atoms with Crippen molar-refractivity contribution in [2.45, 2.75) is 12.6 Å². The molecule has 0 aromatic heterocycles. The Hall–Kier alpha value is -0.950. The van der Waals surface area contributed by atoms with Gasteiger partial charge in [0.2, 0.25) is 0 Å². The Kier molecular flexibility index (Phi) is 7.76. The standard InChI is InChI=1S/C14H20BrNO4/c1-18-9-12(19-2)8-16-7-11-5-4-10(6-13(11)15)14(17)20-3/h4-6,12,16H,7-9H2,1-3H3. The van der Waals surface area contributed by atoms with Crippen LogP contribution in [-0.4, -0.2) is 46.6 Å². The van der Waals surface area contributed by atoms with E-state index in [1.807, 2.05) is 6.07 Å². The molecule has 1 unspecified atom stereocenters. The second kappa shape index (κ2) is 9.07. The number of rotatable bonds is 8. The molecule has 5 nitrogen and oxygen atoms in total. The molecule has 1 aromatic carbocycles. The minimum absolute atomic E-state index is 0.0214. The first-order chi connectivity index (χ1) is 9.62. The monoisotopic (exact) mass is 345 g/mol. The topological polar surface area (TPSA) is 56.8 Å². The van der Waals surface area contributed by atoms with Gasteiger partial charge in [-0.3, -0.25) is 0 Å². The average Bonchev–Trinajstić information content (AvgIpc) is 2.46. The van der Waals surface area contributed by atoms with Gasteiger partial charge in [0.25, 0.3) is 0 Å². The Bertz CT molecular complexity index is 439. The normalized spacial score (nSPS) is 12.2. The van der Waals surface area contributed by atoms with E-state index in [0.29, 0.717) is 25.3 Å². The number of benzene rings is 1. The SMILES string of the molecule is COCC(CNCc1ccc(C(=O)OC)cc1Br)OC. The molecular weight excluding hydrogens is 326 g/mol. The number of hydrogen-bond acceptors (Lipinski definition) is 5. The molecule has 0 radical (unpaired) electrons. The number of esters is 1. The summed E-state index contributed by atoms with van der Waals surface area (Å²) in [5.74, 6) is -0.343. The van der Waals surface area contributed by atoms with Crippen molar-refractivity contribution in [2.24, 2.45) is 0 Å². The van der Waals surface area contributed by atoms with Crippen molar-refractivity contribution in [1.82, 2.24) is 5.32 Å². The molecular formula is C14H20BrNO4. The quantitative estimate of drug-likeness (QED) is 0.730. The van der Waals surface area contributed by atoms with Crippen LogP contribution in [0.15, 0.2) is 22.7 Å². The number of nitrogens with one attached hydrogen (secondary N) is 1. The lowest BCUT2D eigenvalue weighted by molar-refractivity contribution is 0.0288. The average molecular weight is 346 g/mol. The molecule has 0 saturated heterocycles. The fourth-order valence-electron chi connectivity index (χ4n) is 1.70. The van der Waals surface area contributed by atoms with E-state index in [4.69, 9.17) is 9.47 Å². The van der Waals surface area contributed by atoms with Crippen LogP contribution in [-0.2, 0) is 20.8 Å². The number of carbonyl (C=O) groups is 1. The van der Waals surface area contributed by atoms with Crippen molar-refractivity contribution < 1.29 is 19.0 Å². The number of methoxy groups -OCH3 is 3. The van der Waals surface area contributed by atoms with Crippen LogP contribution in [0, 0.1) is 0 Å². The van der Waals surface area contributed by atoms with Crippen LogP contribution in [0.25, 0.3) is 0 Å². The van der Waals surface area contributed by atoms with Crippen LogP contribution in [0.3, 0.4) is 0 Å². The van der Waals surface area contributed by atoms with Gasteiger partial charge in [0.05, 0.1) is 25.4 Å². The van der Waals surface area contributed by atoms with Gasteiger partial charge in [-0.25, -0.2) is 4.79 Å². The van der Waals surface area contributed by atoms with Gasteiger partial charge < -0.3 is 19.5 Å². The van der Waals surface area contributed by atoms with Gasteiger partial charge in [-0.05, 0) is 17.7 Å². The summed E-state index contributed by atoms with van der Waals surface area (Å²) in [5, 5.41) is 3.29. The van der Waals surface area contributed by atoms with Crippen molar-refractivity contribution in [3.63, 3.8) is 0 Å². The number of halogens is 1. The first-order valence-corrected chi connectivity index (χ1v) is 7.00. The summed E-state index contributed by atoms with van der Waals surface area (Å²) >= 11 is 3.46. The van der Waals surface area contributed by atoms with Gasteiger partial charge in [0.15, 0.2) is 0 Å². The summed E-state index contributed by atoms with van der Waals surface area (Å²) < 4.78 is 15.9. The Balaban J connectivity index is 2.54. The maximum absolute atomic E-state index is 11.4. The molecule has 6 heteroatoms. The molecule has 0 spiro atoms. The molecule has 0 aliphatic carbocycles. The minimum atomic E-state index is -0.343. The molecule has 0 bridgehead atoms. The van der Waals surface area contributed by atoms with Gasteiger partial charge in [-0.15, -0.1) is 0 Å². The van der Waals surface area contributed by atoms with E-state index < -0.39 is 0 Å². The first kappa shape index (κ1) is 17.1. The van der Waals surface area contributed by atoms with Crippen LogP contribution in [0.5, 0.6) is 0 Å².